The smallest absolute Gasteiger partial charge is 0.298 e. The highest BCUT2D eigenvalue weighted by Crippen LogP contribution is 2.28. The minimum Gasteiger partial charge on any atom is -0.298 e. The number of rotatable bonds is 1. The third-order valence-corrected chi connectivity index (χ3v) is 1.51. The number of aldehydes is 1. The number of carbonyl (C=O) groups excluding carboxylic acids is 1. The molecule has 2 nitrogen and oxygen atoms in total. The highest BCUT2D eigenvalue weighted by Gasteiger charge is 2.32. The molecule has 0 amide bonds. The van der Waals surface area contributed by atoms with E-state index in [0.717, 1.165) is 6.07 Å². The van der Waals surface area contributed by atoms with Gasteiger partial charge in [0.05, 0.1) is 6.93 Å². The first kappa shape index (κ1) is 8.50. The normalized spacial score (nSPS) is 12.5. The number of nitrogens with zero attached hydrogens (tertiary/aromatic N) is 1. The fraction of sp³-hybridized carbons (Fsp3) is 0.143. The van der Waals surface area contributed by atoms with E-state index < -0.39 is 23.1 Å². The van der Waals surface area contributed by atoms with E-state index >= 15 is 0 Å². The van der Waals surface area contributed by atoms with Crippen molar-refractivity contribution in [2.45, 2.75) is 6.18 Å². The molecule has 0 unspecified atom stereocenters. The van der Waals surface area contributed by atoms with Crippen LogP contribution in [-0.4, -0.2) is 11.3 Å². The third-order valence-electron chi connectivity index (χ3n) is 1.21. The average molecular weight is 211 g/mol. The second-order valence-corrected chi connectivity index (χ2v) is 2.47. The number of alkyl halides is 3. The number of hydrogen-bond donors (Lipinski definition) is 0. The SMILES string of the molecule is [2H]c1cc(C=O)c(Cl)nc1C(F)(F)F. The predicted octanol–water partition coefficient (Wildman–Crippen LogP) is 2.57. The van der Waals surface area contributed by atoms with Crippen LogP contribution in [0.4, 0.5) is 13.2 Å². The second kappa shape index (κ2) is 3.33. The van der Waals surface area contributed by atoms with Crippen molar-refractivity contribution in [3.8, 4) is 0 Å². The summed E-state index contributed by atoms with van der Waals surface area (Å²) in [6, 6.07) is -0.144. The van der Waals surface area contributed by atoms with Crippen molar-refractivity contribution in [3.05, 3.63) is 28.5 Å². The highest BCUT2D eigenvalue weighted by atomic mass is 35.5. The van der Waals surface area contributed by atoms with Gasteiger partial charge in [0, 0.05) is 0 Å². The van der Waals surface area contributed by atoms with E-state index in [9.17, 15) is 18.0 Å². The molecule has 13 heavy (non-hydrogen) atoms. The summed E-state index contributed by atoms with van der Waals surface area (Å²) in [7, 11) is 0. The van der Waals surface area contributed by atoms with Gasteiger partial charge in [-0.15, -0.1) is 0 Å². The van der Waals surface area contributed by atoms with Gasteiger partial charge < -0.3 is 0 Å². The Morgan fingerprint density at radius 2 is 2.23 bits per heavy atom. The summed E-state index contributed by atoms with van der Waals surface area (Å²) < 4.78 is 43.4. The van der Waals surface area contributed by atoms with Crippen LogP contribution in [0.25, 0.3) is 0 Å². The van der Waals surface area contributed by atoms with Gasteiger partial charge in [-0.05, 0) is 12.1 Å². The molecule has 0 saturated heterocycles. The molecule has 6 heteroatoms. The van der Waals surface area contributed by atoms with Crippen LogP contribution in [0.3, 0.4) is 0 Å². The quantitative estimate of drug-likeness (QED) is 0.527. The van der Waals surface area contributed by atoms with Crippen LogP contribution >= 0.6 is 11.6 Å². The van der Waals surface area contributed by atoms with Crippen molar-refractivity contribution in [2.24, 2.45) is 0 Å². The minimum absolute atomic E-state index is 0.232. The van der Waals surface area contributed by atoms with Gasteiger partial charge in [-0.2, -0.15) is 13.2 Å². The van der Waals surface area contributed by atoms with E-state index in [4.69, 9.17) is 13.0 Å². The molecule has 0 spiro atoms. The minimum atomic E-state index is -4.73. The van der Waals surface area contributed by atoms with Gasteiger partial charge >= 0.3 is 6.18 Å². The lowest BCUT2D eigenvalue weighted by molar-refractivity contribution is -0.141. The van der Waals surface area contributed by atoms with Gasteiger partial charge in [0.2, 0.25) is 0 Å². The zero-order valence-corrected chi connectivity index (χ0v) is 6.78. The zero-order chi connectivity index (χ0) is 10.9. The van der Waals surface area contributed by atoms with Crippen LogP contribution in [0, 0.1) is 0 Å². The van der Waals surface area contributed by atoms with Crippen LogP contribution in [-0.2, 0) is 6.18 Å². The molecular formula is C7H3ClF3NO. The number of halogens is 4. The molecule has 0 aromatic carbocycles. The van der Waals surface area contributed by atoms with Crippen molar-refractivity contribution in [2.75, 3.05) is 0 Å². The molecule has 0 N–H and O–H groups in total. The summed E-state index contributed by atoms with van der Waals surface area (Å²) in [5.41, 5.74) is -1.63. The van der Waals surface area contributed by atoms with Crippen LogP contribution in [0.2, 0.25) is 5.15 Å². The molecular weight excluding hydrogens is 207 g/mol. The second-order valence-electron chi connectivity index (χ2n) is 2.11. The average Bonchev–Trinajstić information content (AvgIpc) is 2.06. The summed E-state index contributed by atoms with van der Waals surface area (Å²) in [5.74, 6) is 0. The van der Waals surface area contributed by atoms with E-state index in [0.29, 0.717) is 0 Å². The van der Waals surface area contributed by atoms with Crippen LogP contribution in [0.1, 0.15) is 17.4 Å². The predicted molar refractivity (Wildman–Crippen MR) is 39.6 cm³/mol. The van der Waals surface area contributed by atoms with Gasteiger partial charge in [0.25, 0.3) is 0 Å². The van der Waals surface area contributed by atoms with Crippen molar-refractivity contribution < 1.29 is 19.3 Å². The summed E-state index contributed by atoms with van der Waals surface area (Å²) in [6.45, 7) is 0. The monoisotopic (exact) mass is 210 g/mol. The first-order chi connectivity index (χ1) is 6.36. The Kier molecular flexibility index (Phi) is 2.18. The van der Waals surface area contributed by atoms with Crippen molar-refractivity contribution in [3.63, 3.8) is 0 Å². The van der Waals surface area contributed by atoms with E-state index in [1.54, 1.807) is 0 Å². The standard InChI is InChI=1S/C7H3ClF3NO/c8-6-4(3-13)1-2-5(12-6)7(9,10)11/h1-3H/i2D. The molecule has 1 rings (SSSR count). The van der Waals surface area contributed by atoms with Crippen LogP contribution in [0.5, 0.6) is 0 Å². The van der Waals surface area contributed by atoms with E-state index in [2.05, 4.69) is 4.98 Å². The molecule has 70 valence electrons. The number of pyridine rings is 1. The van der Waals surface area contributed by atoms with E-state index in [1.165, 1.54) is 0 Å². The zero-order valence-electron chi connectivity index (χ0n) is 7.02. The van der Waals surface area contributed by atoms with Gasteiger partial charge in [-0.25, -0.2) is 4.98 Å². The molecule has 1 aromatic rings. The Morgan fingerprint density at radius 1 is 1.62 bits per heavy atom. The first-order valence-corrected chi connectivity index (χ1v) is 3.43. The Balaban J connectivity index is 3.36. The summed E-state index contributed by atoms with van der Waals surface area (Å²) in [6.07, 6.45) is -4.49. The Bertz CT molecular complexity index is 380. The molecule has 0 aliphatic carbocycles. The highest BCUT2D eigenvalue weighted by molar-refractivity contribution is 6.31. The first-order valence-electron chi connectivity index (χ1n) is 3.55. The van der Waals surface area contributed by atoms with E-state index in [-0.39, 0.29) is 11.8 Å². The topological polar surface area (TPSA) is 30.0 Å². The lowest BCUT2D eigenvalue weighted by atomic mass is 10.2. The Hall–Kier alpha value is -1.10. The number of carbonyl (C=O) groups is 1. The maximum Gasteiger partial charge on any atom is 0.433 e. The van der Waals surface area contributed by atoms with Crippen molar-refractivity contribution in [1.82, 2.24) is 4.98 Å². The summed E-state index contributed by atoms with van der Waals surface area (Å²) in [4.78, 5) is 13.2. The molecule has 0 atom stereocenters. The molecule has 0 saturated carbocycles. The van der Waals surface area contributed by atoms with Gasteiger partial charge in [-0.1, -0.05) is 11.6 Å². The lowest BCUT2D eigenvalue weighted by Crippen LogP contribution is -2.08. The molecule has 0 radical (unpaired) electrons. The van der Waals surface area contributed by atoms with Crippen molar-refractivity contribution >= 4 is 17.9 Å². The summed E-state index contributed by atoms with van der Waals surface area (Å²) in [5, 5.41) is -0.552. The fourth-order valence-electron chi connectivity index (χ4n) is 0.629. The van der Waals surface area contributed by atoms with Crippen LogP contribution in [0.15, 0.2) is 12.1 Å². The van der Waals surface area contributed by atoms with Crippen LogP contribution < -0.4 is 0 Å². The van der Waals surface area contributed by atoms with Gasteiger partial charge in [0.15, 0.2) is 6.29 Å². The Labute approximate surface area is 77.7 Å². The molecule has 0 aliphatic rings. The Morgan fingerprint density at radius 3 is 2.69 bits per heavy atom. The van der Waals surface area contributed by atoms with E-state index in [1.807, 2.05) is 0 Å². The molecule has 0 bridgehead atoms. The summed E-state index contributed by atoms with van der Waals surface area (Å²) >= 11 is 5.28. The number of aromatic nitrogens is 1. The maximum atomic E-state index is 12.1. The number of hydrogen-bond acceptors (Lipinski definition) is 2. The fourth-order valence-corrected chi connectivity index (χ4v) is 0.812. The largest absolute Gasteiger partial charge is 0.433 e. The lowest BCUT2D eigenvalue weighted by Gasteiger charge is -2.05. The molecule has 0 fully saturated rings. The molecule has 0 aliphatic heterocycles. The molecule has 1 heterocycles. The van der Waals surface area contributed by atoms with Gasteiger partial charge in [-0.3, -0.25) is 4.79 Å². The van der Waals surface area contributed by atoms with Crippen molar-refractivity contribution in [1.29, 1.82) is 0 Å². The van der Waals surface area contributed by atoms with Gasteiger partial charge in [0.1, 0.15) is 10.8 Å². The third kappa shape index (κ3) is 2.18. The molecule has 1 aromatic heterocycles. The maximum absolute atomic E-state index is 12.1.